The fraction of sp³-hybridized carbons (Fsp3) is 1.00. The standard InChI is InChI=1S/C15H32N2/c1-3-5-10-17(11-6-4-2)13-15-9-7-8-14(15)12-16/h14-15H,3-13,16H2,1-2H3. The van der Waals surface area contributed by atoms with E-state index in [1.54, 1.807) is 0 Å². The minimum atomic E-state index is 0.806. The van der Waals surface area contributed by atoms with Crippen LogP contribution in [0.25, 0.3) is 0 Å². The van der Waals surface area contributed by atoms with Crippen LogP contribution in [-0.4, -0.2) is 31.1 Å². The summed E-state index contributed by atoms with van der Waals surface area (Å²) in [5, 5.41) is 0. The second kappa shape index (κ2) is 8.93. The average molecular weight is 240 g/mol. The molecule has 0 radical (unpaired) electrons. The van der Waals surface area contributed by atoms with Gasteiger partial charge in [-0.2, -0.15) is 0 Å². The predicted octanol–water partition coefficient (Wildman–Crippen LogP) is 3.26. The van der Waals surface area contributed by atoms with Crippen LogP contribution in [-0.2, 0) is 0 Å². The second-order valence-corrected chi connectivity index (χ2v) is 5.69. The van der Waals surface area contributed by atoms with Crippen molar-refractivity contribution >= 4 is 0 Å². The first-order chi connectivity index (χ1) is 8.31. The van der Waals surface area contributed by atoms with Crippen molar-refractivity contribution in [3.05, 3.63) is 0 Å². The van der Waals surface area contributed by atoms with E-state index in [1.165, 1.54) is 64.6 Å². The number of unbranched alkanes of at least 4 members (excludes halogenated alkanes) is 2. The van der Waals surface area contributed by atoms with Crippen molar-refractivity contribution in [3.8, 4) is 0 Å². The van der Waals surface area contributed by atoms with Crippen LogP contribution < -0.4 is 5.73 Å². The number of rotatable bonds is 9. The average Bonchev–Trinajstić information content (AvgIpc) is 2.79. The van der Waals surface area contributed by atoms with Gasteiger partial charge < -0.3 is 10.6 Å². The number of nitrogens with zero attached hydrogens (tertiary/aromatic N) is 1. The normalized spacial score (nSPS) is 24.7. The van der Waals surface area contributed by atoms with Crippen molar-refractivity contribution in [1.29, 1.82) is 0 Å². The van der Waals surface area contributed by atoms with Crippen LogP contribution in [0, 0.1) is 11.8 Å². The van der Waals surface area contributed by atoms with E-state index >= 15 is 0 Å². The van der Waals surface area contributed by atoms with Crippen LogP contribution in [0.3, 0.4) is 0 Å². The van der Waals surface area contributed by atoms with Crippen molar-refractivity contribution in [2.45, 2.75) is 58.8 Å². The molecule has 2 unspecified atom stereocenters. The molecule has 17 heavy (non-hydrogen) atoms. The van der Waals surface area contributed by atoms with Gasteiger partial charge >= 0.3 is 0 Å². The van der Waals surface area contributed by atoms with Gasteiger partial charge in [-0.15, -0.1) is 0 Å². The molecule has 0 aromatic rings. The molecule has 2 nitrogen and oxygen atoms in total. The summed E-state index contributed by atoms with van der Waals surface area (Å²) >= 11 is 0. The van der Waals surface area contributed by atoms with Gasteiger partial charge in [0.25, 0.3) is 0 Å². The Bertz CT molecular complexity index is 174. The summed E-state index contributed by atoms with van der Waals surface area (Å²) in [4.78, 5) is 2.70. The molecular formula is C15H32N2. The molecule has 2 atom stereocenters. The van der Waals surface area contributed by atoms with E-state index < -0.39 is 0 Å². The van der Waals surface area contributed by atoms with Gasteiger partial charge in [0.15, 0.2) is 0 Å². The second-order valence-electron chi connectivity index (χ2n) is 5.69. The molecule has 1 aliphatic carbocycles. The Morgan fingerprint density at radius 3 is 2.12 bits per heavy atom. The molecule has 102 valence electrons. The number of hydrogen-bond acceptors (Lipinski definition) is 2. The fourth-order valence-corrected chi connectivity index (χ4v) is 3.05. The Kier molecular flexibility index (Phi) is 7.87. The molecule has 2 heteroatoms. The molecule has 1 fully saturated rings. The highest BCUT2D eigenvalue weighted by molar-refractivity contribution is 4.80. The van der Waals surface area contributed by atoms with Crippen LogP contribution in [0.5, 0.6) is 0 Å². The zero-order chi connectivity index (χ0) is 12.5. The maximum atomic E-state index is 5.88. The molecule has 1 rings (SSSR count). The van der Waals surface area contributed by atoms with Crippen molar-refractivity contribution in [3.63, 3.8) is 0 Å². The molecule has 1 saturated carbocycles. The Morgan fingerprint density at radius 2 is 1.59 bits per heavy atom. The van der Waals surface area contributed by atoms with Crippen molar-refractivity contribution < 1.29 is 0 Å². The van der Waals surface area contributed by atoms with E-state index in [1.807, 2.05) is 0 Å². The predicted molar refractivity (Wildman–Crippen MR) is 76.1 cm³/mol. The monoisotopic (exact) mass is 240 g/mol. The summed E-state index contributed by atoms with van der Waals surface area (Å²) in [7, 11) is 0. The van der Waals surface area contributed by atoms with E-state index in [0.717, 1.165) is 18.4 Å². The first-order valence-electron chi connectivity index (χ1n) is 7.74. The van der Waals surface area contributed by atoms with E-state index in [2.05, 4.69) is 18.7 Å². The lowest BCUT2D eigenvalue weighted by Crippen LogP contribution is -2.34. The third-order valence-electron chi connectivity index (χ3n) is 4.27. The van der Waals surface area contributed by atoms with Crippen LogP contribution in [0.1, 0.15) is 58.8 Å². The lowest BCUT2D eigenvalue weighted by Gasteiger charge is -2.28. The molecular weight excluding hydrogens is 208 g/mol. The number of hydrogen-bond donors (Lipinski definition) is 1. The van der Waals surface area contributed by atoms with Gasteiger partial charge in [0.05, 0.1) is 0 Å². The highest BCUT2D eigenvalue weighted by Gasteiger charge is 2.27. The molecule has 0 spiro atoms. The summed E-state index contributed by atoms with van der Waals surface area (Å²) in [5.41, 5.74) is 5.88. The lowest BCUT2D eigenvalue weighted by molar-refractivity contribution is 0.201. The molecule has 0 heterocycles. The van der Waals surface area contributed by atoms with Gasteiger partial charge in [-0.1, -0.05) is 33.1 Å². The van der Waals surface area contributed by atoms with Gasteiger partial charge in [-0.3, -0.25) is 0 Å². The van der Waals surface area contributed by atoms with Gasteiger partial charge in [-0.25, -0.2) is 0 Å². The minimum Gasteiger partial charge on any atom is -0.330 e. The zero-order valence-electron chi connectivity index (χ0n) is 12.0. The molecule has 0 aliphatic heterocycles. The van der Waals surface area contributed by atoms with Crippen LogP contribution in [0.15, 0.2) is 0 Å². The maximum Gasteiger partial charge on any atom is 0.00128 e. The number of nitrogens with two attached hydrogens (primary N) is 1. The third kappa shape index (κ3) is 5.39. The molecule has 2 N–H and O–H groups in total. The van der Waals surface area contributed by atoms with Gasteiger partial charge in [0, 0.05) is 6.54 Å². The quantitative estimate of drug-likeness (QED) is 0.670. The highest BCUT2D eigenvalue weighted by Crippen LogP contribution is 2.31. The van der Waals surface area contributed by atoms with Gasteiger partial charge in [-0.05, 0) is 57.2 Å². The van der Waals surface area contributed by atoms with Crippen LogP contribution in [0.4, 0.5) is 0 Å². The lowest BCUT2D eigenvalue weighted by atomic mass is 9.95. The smallest absolute Gasteiger partial charge is 0.00128 e. The maximum absolute atomic E-state index is 5.88. The van der Waals surface area contributed by atoms with E-state index in [9.17, 15) is 0 Å². The molecule has 0 saturated heterocycles. The molecule has 0 aromatic heterocycles. The summed E-state index contributed by atoms with van der Waals surface area (Å²) in [6.45, 7) is 9.38. The molecule has 0 bridgehead atoms. The van der Waals surface area contributed by atoms with Crippen LogP contribution >= 0.6 is 0 Å². The van der Waals surface area contributed by atoms with Crippen molar-refractivity contribution in [2.75, 3.05) is 26.2 Å². The van der Waals surface area contributed by atoms with E-state index in [0.29, 0.717) is 0 Å². The Labute approximate surface area is 108 Å². The topological polar surface area (TPSA) is 29.3 Å². The Morgan fingerprint density at radius 1 is 1.00 bits per heavy atom. The highest BCUT2D eigenvalue weighted by atomic mass is 15.1. The van der Waals surface area contributed by atoms with Crippen molar-refractivity contribution in [1.82, 2.24) is 4.90 Å². The summed E-state index contributed by atoms with van der Waals surface area (Å²) in [6.07, 6.45) is 9.52. The molecule has 0 amide bonds. The molecule has 1 aliphatic rings. The largest absolute Gasteiger partial charge is 0.330 e. The first-order valence-corrected chi connectivity index (χ1v) is 7.74. The SMILES string of the molecule is CCCCN(CCCC)CC1CCCC1CN. The fourth-order valence-electron chi connectivity index (χ4n) is 3.05. The molecule has 0 aromatic carbocycles. The summed E-state index contributed by atoms with van der Waals surface area (Å²) in [5.74, 6) is 1.69. The first kappa shape index (κ1) is 15.0. The van der Waals surface area contributed by atoms with E-state index in [-0.39, 0.29) is 0 Å². The van der Waals surface area contributed by atoms with Crippen molar-refractivity contribution in [2.24, 2.45) is 17.6 Å². The summed E-state index contributed by atoms with van der Waals surface area (Å²) < 4.78 is 0. The summed E-state index contributed by atoms with van der Waals surface area (Å²) in [6, 6.07) is 0. The minimum absolute atomic E-state index is 0.806. The van der Waals surface area contributed by atoms with Gasteiger partial charge in [0.2, 0.25) is 0 Å². The zero-order valence-corrected chi connectivity index (χ0v) is 12.0. The third-order valence-corrected chi connectivity index (χ3v) is 4.27. The van der Waals surface area contributed by atoms with Crippen LogP contribution in [0.2, 0.25) is 0 Å². The van der Waals surface area contributed by atoms with Gasteiger partial charge in [0.1, 0.15) is 0 Å². The Hall–Kier alpha value is -0.0800. The Balaban J connectivity index is 2.34. The van der Waals surface area contributed by atoms with E-state index in [4.69, 9.17) is 5.73 Å².